The fourth-order valence-corrected chi connectivity index (χ4v) is 1.78. The van der Waals surface area contributed by atoms with Gasteiger partial charge in [-0.1, -0.05) is 0 Å². The Morgan fingerprint density at radius 2 is 1.87 bits per heavy atom. The average Bonchev–Trinajstić information content (AvgIpc) is 2.15. The van der Waals surface area contributed by atoms with E-state index in [2.05, 4.69) is 4.74 Å². The molecular weight excluding hydrogens is 222 g/mol. The van der Waals surface area contributed by atoms with Gasteiger partial charge in [-0.2, -0.15) is 4.31 Å². The average molecular weight is 239 g/mol. The Morgan fingerprint density at radius 3 is 2.27 bits per heavy atom. The highest BCUT2D eigenvalue weighted by Crippen LogP contribution is 2.00. The maximum atomic E-state index is 11.3. The van der Waals surface area contributed by atoms with Crippen molar-refractivity contribution in [3.05, 3.63) is 0 Å². The van der Waals surface area contributed by atoms with Crippen molar-refractivity contribution in [2.75, 3.05) is 40.2 Å². The van der Waals surface area contributed by atoms with Crippen LogP contribution in [0.2, 0.25) is 0 Å². The van der Waals surface area contributed by atoms with E-state index < -0.39 is 16.0 Å². The van der Waals surface area contributed by atoms with Gasteiger partial charge < -0.3 is 9.47 Å². The lowest BCUT2D eigenvalue weighted by Gasteiger charge is -2.18. The van der Waals surface area contributed by atoms with Crippen molar-refractivity contribution in [2.45, 2.75) is 6.42 Å². The second-order valence-electron chi connectivity index (χ2n) is 2.98. The normalized spacial score (nSPS) is 11.7. The van der Waals surface area contributed by atoms with Crippen LogP contribution in [0.25, 0.3) is 0 Å². The van der Waals surface area contributed by atoms with Crippen molar-refractivity contribution in [3.8, 4) is 0 Å². The molecule has 6 nitrogen and oxygen atoms in total. The first-order chi connectivity index (χ1) is 6.91. The number of rotatable bonds is 7. The fourth-order valence-electron chi connectivity index (χ4n) is 0.955. The highest BCUT2D eigenvalue weighted by molar-refractivity contribution is 7.88. The first kappa shape index (κ1) is 14.3. The third-order valence-corrected chi connectivity index (χ3v) is 3.11. The molecule has 0 heterocycles. The Morgan fingerprint density at radius 1 is 1.27 bits per heavy atom. The number of ether oxygens (including phenoxy) is 2. The van der Waals surface area contributed by atoms with Crippen molar-refractivity contribution in [1.82, 2.24) is 4.31 Å². The number of sulfonamides is 1. The van der Waals surface area contributed by atoms with Crippen molar-refractivity contribution < 1.29 is 22.7 Å². The molecule has 0 atom stereocenters. The fraction of sp³-hybridized carbons (Fsp3) is 0.875. The molecule has 0 amide bonds. The molecule has 0 fully saturated rings. The number of carbonyl (C=O) groups excluding carboxylic acids is 1. The minimum Gasteiger partial charge on any atom is -0.469 e. The predicted molar refractivity (Wildman–Crippen MR) is 54.9 cm³/mol. The molecule has 90 valence electrons. The Bertz CT molecular complexity index is 287. The van der Waals surface area contributed by atoms with Crippen LogP contribution in [0.1, 0.15) is 6.42 Å². The number of hydrogen-bond acceptors (Lipinski definition) is 5. The Labute approximate surface area is 90.2 Å². The number of carbonyl (C=O) groups is 1. The second kappa shape index (κ2) is 6.76. The SMILES string of the molecule is COCCN(CCC(=O)OC)S(C)(=O)=O. The van der Waals surface area contributed by atoms with E-state index in [-0.39, 0.29) is 19.5 Å². The first-order valence-electron chi connectivity index (χ1n) is 4.42. The smallest absolute Gasteiger partial charge is 0.306 e. The molecule has 0 saturated heterocycles. The van der Waals surface area contributed by atoms with Crippen LogP contribution in [-0.4, -0.2) is 58.9 Å². The summed E-state index contributed by atoms with van der Waals surface area (Å²) in [6.45, 7) is 0.662. The van der Waals surface area contributed by atoms with E-state index in [9.17, 15) is 13.2 Å². The summed E-state index contributed by atoms with van der Waals surface area (Å²) in [5, 5.41) is 0. The van der Waals surface area contributed by atoms with Gasteiger partial charge in [-0.05, 0) is 0 Å². The third-order valence-electron chi connectivity index (χ3n) is 1.81. The van der Waals surface area contributed by atoms with Gasteiger partial charge in [-0.15, -0.1) is 0 Å². The first-order valence-corrected chi connectivity index (χ1v) is 6.27. The lowest BCUT2D eigenvalue weighted by atomic mass is 10.4. The second-order valence-corrected chi connectivity index (χ2v) is 4.96. The van der Waals surface area contributed by atoms with Crippen LogP contribution < -0.4 is 0 Å². The van der Waals surface area contributed by atoms with Crippen LogP contribution in [0, 0.1) is 0 Å². The maximum absolute atomic E-state index is 11.3. The Balaban J connectivity index is 4.20. The summed E-state index contributed by atoms with van der Waals surface area (Å²) in [6.07, 6.45) is 1.15. The zero-order valence-corrected chi connectivity index (χ0v) is 10.0. The van der Waals surface area contributed by atoms with Crippen LogP contribution in [0.5, 0.6) is 0 Å². The maximum Gasteiger partial charge on any atom is 0.306 e. The predicted octanol–water partition coefficient (Wildman–Crippen LogP) is -0.542. The number of esters is 1. The summed E-state index contributed by atoms with van der Waals surface area (Å²) in [5.41, 5.74) is 0. The Hall–Kier alpha value is -0.660. The lowest BCUT2D eigenvalue weighted by molar-refractivity contribution is -0.140. The van der Waals surface area contributed by atoms with Gasteiger partial charge in [0.2, 0.25) is 10.0 Å². The topological polar surface area (TPSA) is 72.9 Å². The van der Waals surface area contributed by atoms with Gasteiger partial charge in [-0.25, -0.2) is 8.42 Å². The summed E-state index contributed by atoms with van der Waals surface area (Å²) in [6, 6.07) is 0. The summed E-state index contributed by atoms with van der Waals surface area (Å²) in [5.74, 6) is -0.430. The van der Waals surface area contributed by atoms with Gasteiger partial charge in [-0.3, -0.25) is 4.79 Å². The van der Waals surface area contributed by atoms with Crippen LogP contribution >= 0.6 is 0 Å². The summed E-state index contributed by atoms with van der Waals surface area (Å²) in [4.78, 5) is 10.8. The van der Waals surface area contributed by atoms with Gasteiger partial charge in [0.1, 0.15) is 0 Å². The van der Waals surface area contributed by atoms with E-state index in [4.69, 9.17) is 4.74 Å². The zero-order chi connectivity index (χ0) is 11.9. The molecule has 0 aromatic carbocycles. The third kappa shape index (κ3) is 6.43. The van der Waals surface area contributed by atoms with Gasteiger partial charge in [0, 0.05) is 20.2 Å². The quantitative estimate of drug-likeness (QED) is 0.558. The van der Waals surface area contributed by atoms with Crippen molar-refractivity contribution in [3.63, 3.8) is 0 Å². The molecule has 0 spiro atoms. The van der Waals surface area contributed by atoms with E-state index in [0.717, 1.165) is 6.26 Å². The molecule has 0 aliphatic heterocycles. The Kier molecular flexibility index (Phi) is 6.46. The number of hydrogen-bond donors (Lipinski definition) is 0. The molecule has 0 N–H and O–H groups in total. The molecular formula is C8H17NO5S. The van der Waals surface area contributed by atoms with E-state index in [1.807, 2.05) is 0 Å². The summed E-state index contributed by atoms with van der Waals surface area (Å²) in [7, 11) is -0.542. The largest absolute Gasteiger partial charge is 0.469 e. The highest BCUT2D eigenvalue weighted by Gasteiger charge is 2.17. The van der Waals surface area contributed by atoms with Crippen LogP contribution in [0.3, 0.4) is 0 Å². The minimum absolute atomic E-state index is 0.0489. The number of nitrogens with zero attached hydrogens (tertiary/aromatic N) is 1. The molecule has 0 aliphatic carbocycles. The van der Waals surface area contributed by atoms with Crippen molar-refractivity contribution >= 4 is 16.0 Å². The molecule has 0 aromatic heterocycles. The van der Waals surface area contributed by atoms with E-state index in [1.165, 1.54) is 18.5 Å². The van der Waals surface area contributed by atoms with Gasteiger partial charge in [0.15, 0.2) is 0 Å². The lowest BCUT2D eigenvalue weighted by Crippen LogP contribution is -2.34. The molecule has 0 bridgehead atoms. The van der Waals surface area contributed by atoms with Gasteiger partial charge in [0.25, 0.3) is 0 Å². The monoisotopic (exact) mass is 239 g/mol. The van der Waals surface area contributed by atoms with Crippen molar-refractivity contribution in [2.24, 2.45) is 0 Å². The van der Waals surface area contributed by atoms with E-state index >= 15 is 0 Å². The standard InChI is InChI=1S/C8H17NO5S/c1-13-7-6-9(15(3,11)12)5-4-8(10)14-2/h4-7H2,1-3H3. The molecule has 0 aromatic rings. The zero-order valence-electron chi connectivity index (χ0n) is 9.23. The van der Waals surface area contributed by atoms with Crippen LogP contribution in [0.4, 0.5) is 0 Å². The molecule has 0 aliphatic rings. The van der Waals surface area contributed by atoms with Crippen LogP contribution in [0.15, 0.2) is 0 Å². The van der Waals surface area contributed by atoms with Crippen LogP contribution in [-0.2, 0) is 24.3 Å². The molecule has 0 rings (SSSR count). The van der Waals surface area contributed by atoms with Gasteiger partial charge >= 0.3 is 5.97 Å². The molecule has 0 radical (unpaired) electrons. The van der Waals surface area contributed by atoms with Crippen molar-refractivity contribution in [1.29, 1.82) is 0 Å². The molecule has 0 saturated carbocycles. The summed E-state index contributed by atoms with van der Waals surface area (Å²) < 4.78 is 32.9. The molecule has 7 heteroatoms. The summed E-state index contributed by atoms with van der Waals surface area (Å²) >= 11 is 0. The minimum atomic E-state index is -3.30. The number of methoxy groups -OCH3 is 2. The van der Waals surface area contributed by atoms with E-state index in [0.29, 0.717) is 6.61 Å². The highest BCUT2D eigenvalue weighted by atomic mass is 32.2. The molecule has 15 heavy (non-hydrogen) atoms. The molecule has 0 unspecified atom stereocenters. The van der Waals surface area contributed by atoms with Gasteiger partial charge in [0.05, 0.1) is 26.4 Å². The van der Waals surface area contributed by atoms with E-state index in [1.54, 1.807) is 0 Å².